The van der Waals surface area contributed by atoms with Crippen molar-refractivity contribution >= 4 is 21.7 Å². The summed E-state index contributed by atoms with van der Waals surface area (Å²) in [5.41, 5.74) is 1.42. The van der Waals surface area contributed by atoms with Crippen LogP contribution in [0.25, 0.3) is 0 Å². The standard InChI is InChI=1S/C18H20N4O4S/c1-22(16-4-7-27(25,26)12-16)18(24)15-8-14(10-20-11-15)17(23)21-9-13-2-5-19-6-3-13/h2-3,5-6,8,10-11,16H,4,7,9,12H2,1H3,(H,21,23). The minimum atomic E-state index is -3.09. The molecule has 8 nitrogen and oxygen atoms in total. The molecule has 0 aromatic carbocycles. The van der Waals surface area contributed by atoms with Gasteiger partial charge in [0, 0.05) is 44.4 Å². The van der Waals surface area contributed by atoms with E-state index in [1.54, 1.807) is 31.6 Å². The van der Waals surface area contributed by atoms with Crippen molar-refractivity contribution in [1.82, 2.24) is 20.2 Å². The molecule has 0 aliphatic carbocycles. The van der Waals surface area contributed by atoms with E-state index in [-0.39, 0.29) is 40.5 Å². The largest absolute Gasteiger partial charge is 0.348 e. The lowest BCUT2D eigenvalue weighted by molar-refractivity contribution is 0.0747. The highest BCUT2D eigenvalue weighted by Crippen LogP contribution is 2.18. The van der Waals surface area contributed by atoms with Gasteiger partial charge in [0.15, 0.2) is 9.84 Å². The fourth-order valence-electron chi connectivity index (χ4n) is 2.92. The highest BCUT2D eigenvalue weighted by Gasteiger charge is 2.33. The molecular weight excluding hydrogens is 368 g/mol. The third kappa shape index (κ3) is 4.68. The van der Waals surface area contributed by atoms with Gasteiger partial charge in [-0.3, -0.25) is 19.6 Å². The van der Waals surface area contributed by atoms with Crippen molar-refractivity contribution in [3.05, 3.63) is 59.7 Å². The molecule has 1 aliphatic rings. The molecule has 1 fully saturated rings. The molecule has 1 N–H and O–H groups in total. The molecule has 9 heteroatoms. The van der Waals surface area contributed by atoms with E-state index in [1.165, 1.54) is 23.4 Å². The van der Waals surface area contributed by atoms with Crippen molar-refractivity contribution in [2.45, 2.75) is 19.0 Å². The van der Waals surface area contributed by atoms with E-state index in [1.807, 2.05) is 0 Å². The summed E-state index contributed by atoms with van der Waals surface area (Å²) in [5, 5.41) is 2.77. The maximum absolute atomic E-state index is 12.6. The second kappa shape index (κ2) is 7.83. The van der Waals surface area contributed by atoms with Crippen molar-refractivity contribution in [2.75, 3.05) is 18.6 Å². The topological polar surface area (TPSA) is 109 Å². The Morgan fingerprint density at radius 2 is 1.89 bits per heavy atom. The van der Waals surface area contributed by atoms with Crippen molar-refractivity contribution in [3.63, 3.8) is 0 Å². The van der Waals surface area contributed by atoms with E-state index in [4.69, 9.17) is 0 Å². The third-order valence-electron chi connectivity index (χ3n) is 4.53. The van der Waals surface area contributed by atoms with Crippen molar-refractivity contribution in [3.8, 4) is 0 Å². The van der Waals surface area contributed by atoms with Gasteiger partial charge in [-0.25, -0.2) is 8.42 Å². The third-order valence-corrected chi connectivity index (χ3v) is 6.28. The van der Waals surface area contributed by atoms with Gasteiger partial charge in [0.25, 0.3) is 11.8 Å². The smallest absolute Gasteiger partial charge is 0.255 e. The van der Waals surface area contributed by atoms with Crippen LogP contribution in [0.2, 0.25) is 0 Å². The fraction of sp³-hybridized carbons (Fsp3) is 0.333. The molecule has 27 heavy (non-hydrogen) atoms. The number of sulfone groups is 1. The van der Waals surface area contributed by atoms with Crippen LogP contribution in [0.4, 0.5) is 0 Å². The summed E-state index contributed by atoms with van der Waals surface area (Å²) in [4.78, 5) is 34.3. The van der Waals surface area contributed by atoms with Crippen LogP contribution in [0.15, 0.2) is 43.0 Å². The van der Waals surface area contributed by atoms with Crippen molar-refractivity contribution in [1.29, 1.82) is 0 Å². The predicted octanol–water partition coefficient (Wildman–Crippen LogP) is 0.666. The number of amides is 2. The molecule has 2 amide bonds. The van der Waals surface area contributed by atoms with Gasteiger partial charge in [-0.05, 0) is 30.2 Å². The number of pyridine rings is 2. The summed E-state index contributed by atoms with van der Waals surface area (Å²) in [7, 11) is -1.52. The molecule has 2 aromatic heterocycles. The first kappa shape index (κ1) is 19.0. The van der Waals surface area contributed by atoms with Crippen LogP contribution < -0.4 is 5.32 Å². The number of carbonyl (C=O) groups is 2. The number of carbonyl (C=O) groups excluding carboxylic acids is 2. The highest BCUT2D eigenvalue weighted by atomic mass is 32.2. The summed E-state index contributed by atoms with van der Waals surface area (Å²) in [6.07, 6.45) is 6.47. The number of rotatable bonds is 5. The van der Waals surface area contributed by atoms with E-state index in [9.17, 15) is 18.0 Å². The van der Waals surface area contributed by atoms with Crippen molar-refractivity contribution in [2.24, 2.45) is 0 Å². The zero-order valence-electron chi connectivity index (χ0n) is 14.8. The first-order valence-corrected chi connectivity index (χ1v) is 10.3. The quantitative estimate of drug-likeness (QED) is 0.806. The van der Waals surface area contributed by atoms with Gasteiger partial charge < -0.3 is 10.2 Å². The Bertz CT molecular complexity index is 947. The fourth-order valence-corrected chi connectivity index (χ4v) is 4.69. The van der Waals surface area contributed by atoms with Crippen LogP contribution in [0.5, 0.6) is 0 Å². The van der Waals surface area contributed by atoms with Gasteiger partial charge in [0.1, 0.15) is 0 Å². The van der Waals surface area contributed by atoms with Crippen molar-refractivity contribution < 1.29 is 18.0 Å². The lowest BCUT2D eigenvalue weighted by atomic mass is 10.1. The van der Waals surface area contributed by atoms with Crippen LogP contribution >= 0.6 is 0 Å². The summed E-state index contributed by atoms with van der Waals surface area (Å²) in [6.45, 7) is 0.333. The van der Waals surface area contributed by atoms with Crippen LogP contribution in [0, 0.1) is 0 Å². The molecule has 3 heterocycles. The summed E-state index contributed by atoms with van der Waals surface area (Å²) in [5.74, 6) is -0.645. The molecule has 1 atom stereocenters. The molecule has 0 spiro atoms. The van der Waals surface area contributed by atoms with E-state index in [0.717, 1.165) is 5.56 Å². The van der Waals surface area contributed by atoms with Crippen LogP contribution in [-0.2, 0) is 16.4 Å². The molecule has 2 aromatic rings. The summed E-state index contributed by atoms with van der Waals surface area (Å²) >= 11 is 0. The first-order valence-electron chi connectivity index (χ1n) is 8.45. The number of hydrogen-bond acceptors (Lipinski definition) is 6. The molecular formula is C18H20N4O4S. The van der Waals surface area contributed by atoms with E-state index >= 15 is 0 Å². The Labute approximate surface area is 157 Å². The molecule has 0 radical (unpaired) electrons. The predicted molar refractivity (Wildman–Crippen MR) is 98.8 cm³/mol. The minimum Gasteiger partial charge on any atom is -0.348 e. The van der Waals surface area contributed by atoms with Crippen LogP contribution in [0.1, 0.15) is 32.7 Å². The normalized spacial score (nSPS) is 18.0. The zero-order chi connectivity index (χ0) is 19.4. The molecule has 1 saturated heterocycles. The average molecular weight is 388 g/mol. The van der Waals surface area contributed by atoms with Gasteiger partial charge in [-0.2, -0.15) is 0 Å². The monoisotopic (exact) mass is 388 g/mol. The zero-order valence-corrected chi connectivity index (χ0v) is 15.6. The minimum absolute atomic E-state index is 0.0330. The Hall–Kier alpha value is -2.81. The van der Waals surface area contributed by atoms with Crippen LogP contribution in [-0.4, -0.2) is 59.7 Å². The highest BCUT2D eigenvalue weighted by molar-refractivity contribution is 7.91. The van der Waals surface area contributed by atoms with E-state index < -0.39 is 9.84 Å². The average Bonchev–Trinajstić information content (AvgIpc) is 3.05. The SMILES string of the molecule is CN(C(=O)c1cncc(C(=O)NCc2ccncc2)c1)C1CCS(=O)(=O)C1. The lowest BCUT2D eigenvalue weighted by Gasteiger charge is -2.23. The van der Waals surface area contributed by atoms with Crippen LogP contribution in [0.3, 0.4) is 0 Å². The van der Waals surface area contributed by atoms with E-state index in [2.05, 4.69) is 15.3 Å². The molecule has 3 rings (SSSR count). The maximum Gasteiger partial charge on any atom is 0.255 e. The van der Waals surface area contributed by atoms with Gasteiger partial charge >= 0.3 is 0 Å². The second-order valence-electron chi connectivity index (χ2n) is 6.47. The van der Waals surface area contributed by atoms with Gasteiger partial charge in [0.2, 0.25) is 0 Å². The Morgan fingerprint density at radius 1 is 1.19 bits per heavy atom. The number of aromatic nitrogens is 2. The Morgan fingerprint density at radius 3 is 2.56 bits per heavy atom. The van der Waals surface area contributed by atoms with Gasteiger partial charge in [-0.1, -0.05) is 0 Å². The first-order chi connectivity index (χ1) is 12.9. The van der Waals surface area contributed by atoms with Gasteiger partial charge in [-0.15, -0.1) is 0 Å². The Balaban J connectivity index is 1.67. The number of hydrogen-bond donors (Lipinski definition) is 1. The molecule has 142 valence electrons. The maximum atomic E-state index is 12.6. The molecule has 1 unspecified atom stereocenters. The molecule has 0 saturated carbocycles. The van der Waals surface area contributed by atoms with E-state index in [0.29, 0.717) is 13.0 Å². The van der Waals surface area contributed by atoms with Gasteiger partial charge in [0.05, 0.1) is 22.6 Å². The number of nitrogens with zero attached hydrogens (tertiary/aromatic N) is 3. The Kier molecular flexibility index (Phi) is 5.50. The lowest BCUT2D eigenvalue weighted by Crippen LogP contribution is -2.38. The second-order valence-corrected chi connectivity index (χ2v) is 8.70. The summed E-state index contributed by atoms with van der Waals surface area (Å²) < 4.78 is 23.3. The number of nitrogens with one attached hydrogen (secondary N) is 1. The molecule has 1 aliphatic heterocycles. The molecule has 0 bridgehead atoms. The summed E-state index contributed by atoms with van der Waals surface area (Å²) in [6, 6.07) is 4.70.